The smallest absolute Gasteiger partial charge is 0.279 e. The number of hydrogen-bond acceptors (Lipinski definition) is 5. The molecule has 0 saturated carbocycles. The van der Waals surface area contributed by atoms with Crippen LogP contribution in [0.25, 0.3) is 10.9 Å². The third-order valence-corrected chi connectivity index (χ3v) is 5.00. The van der Waals surface area contributed by atoms with E-state index in [2.05, 4.69) is 15.3 Å². The monoisotopic (exact) mass is 465 g/mol. The van der Waals surface area contributed by atoms with Gasteiger partial charge in [-0.2, -0.15) is 0 Å². The molecule has 0 aliphatic heterocycles. The summed E-state index contributed by atoms with van der Waals surface area (Å²) in [5, 5.41) is 2.58. The van der Waals surface area contributed by atoms with Crippen LogP contribution in [0, 0.1) is 17.5 Å². The molecule has 8 nitrogen and oxygen atoms in total. The van der Waals surface area contributed by atoms with Crippen molar-refractivity contribution in [2.75, 3.05) is 32.6 Å². The fourth-order valence-electron chi connectivity index (χ4n) is 3.47. The molecule has 1 atom stereocenters. The van der Waals surface area contributed by atoms with E-state index in [0.29, 0.717) is 41.2 Å². The molecule has 1 amide bonds. The summed E-state index contributed by atoms with van der Waals surface area (Å²) in [4.78, 5) is 32.9. The van der Waals surface area contributed by atoms with Gasteiger partial charge in [-0.25, -0.2) is 18.2 Å². The molecule has 0 bridgehead atoms. The summed E-state index contributed by atoms with van der Waals surface area (Å²) in [6, 6.07) is 4.81. The predicted octanol–water partition coefficient (Wildman–Crippen LogP) is 1.79. The van der Waals surface area contributed by atoms with Gasteiger partial charge in [0.15, 0.2) is 41.3 Å². The van der Waals surface area contributed by atoms with E-state index in [0.717, 1.165) is 17.0 Å². The van der Waals surface area contributed by atoms with Crippen LogP contribution in [-0.4, -0.2) is 43.2 Å². The van der Waals surface area contributed by atoms with Gasteiger partial charge in [-0.15, -0.1) is 0 Å². The number of carbonyl (C=O) groups excluding carboxylic acids is 1. The maximum atomic E-state index is 13.9. The Morgan fingerprint density at radius 1 is 1.12 bits per heavy atom. The highest BCUT2D eigenvalue weighted by Crippen LogP contribution is 2.29. The number of fused-ring (bicyclic) bond motifs is 1. The number of rotatable bonds is 9. The number of methoxy groups -OCH3 is 2. The second-order valence-electron chi connectivity index (χ2n) is 7.36. The van der Waals surface area contributed by atoms with Crippen LogP contribution in [-0.2, 0) is 11.3 Å². The maximum Gasteiger partial charge on any atom is 0.279 e. The summed E-state index contributed by atoms with van der Waals surface area (Å²) in [6.07, 6.45) is 0.713. The molecule has 0 saturated heterocycles. The van der Waals surface area contributed by atoms with Crippen molar-refractivity contribution in [3.63, 3.8) is 0 Å². The molecule has 1 unspecified atom stereocenters. The first-order chi connectivity index (χ1) is 15.8. The number of anilines is 1. The topological polar surface area (TPSA) is 97.8 Å². The standard InChI is InChI=1S/C22H23F3N4O4/c1-4-7-29(11-19(30)27-14-6-5-13(23)20(24)21(14)25)10-18-26-15-9-17(33-3)16(32-2)8-12(15)22(31)28-18/h5-6,8-9H,4,7,10-11H2,1-3H3,(H,27,30)(H,26,28,31)/p+1. The van der Waals surface area contributed by atoms with E-state index in [4.69, 9.17) is 9.47 Å². The van der Waals surface area contributed by atoms with Gasteiger partial charge in [0.2, 0.25) is 0 Å². The largest absolute Gasteiger partial charge is 0.493 e. The number of aromatic amines is 1. The number of halogens is 3. The van der Waals surface area contributed by atoms with Gasteiger partial charge in [0, 0.05) is 6.07 Å². The van der Waals surface area contributed by atoms with Gasteiger partial charge in [0.1, 0.15) is 6.54 Å². The summed E-state index contributed by atoms with van der Waals surface area (Å²) in [5.41, 5.74) is -0.427. The second kappa shape index (κ2) is 10.3. The van der Waals surface area contributed by atoms with Crippen molar-refractivity contribution >= 4 is 22.5 Å². The van der Waals surface area contributed by atoms with Gasteiger partial charge >= 0.3 is 0 Å². The van der Waals surface area contributed by atoms with E-state index in [9.17, 15) is 22.8 Å². The zero-order chi connectivity index (χ0) is 24.1. The Hall–Kier alpha value is -3.60. The van der Waals surface area contributed by atoms with Crippen LogP contribution in [0.4, 0.5) is 18.9 Å². The lowest BCUT2D eigenvalue weighted by Crippen LogP contribution is -3.11. The number of ether oxygens (including phenoxy) is 2. The summed E-state index contributed by atoms with van der Waals surface area (Å²) in [6.45, 7) is 2.54. The number of carbonyl (C=O) groups is 1. The molecule has 176 valence electrons. The number of quaternary nitrogens is 1. The second-order valence-corrected chi connectivity index (χ2v) is 7.36. The van der Waals surface area contributed by atoms with Crippen LogP contribution in [0.15, 0.2) is 29.1 Å². The van der Waals surface area contributed by atoms with Crippen molar-refractivity contribution < 1.29 is 32.3 Å². The Bertz CT molecular complexity index is 1230. The molecule has 0 aliphatic rings. The Morgan fingerprint density at radius 3 is 2.48 bits per heavy atom. The highest BCUT2D eigenvalue weighted by molar-refractivity contribution is 5.91. The van der Waals surface area contributed by atoms with Crippen molar-refractivity contribution in [3.05, 3.63) is 57.9 Å². The third-order valence-electron chi connectivity index (χ3n) is 5.00. The summed E-state index contributed by atoms with van der Waals surface area (Å²) in [5.74, 6) is -3.91. The number of hydrogen-bond donors (Lipinski definition) is 3. The normalized spacial score (nSPS) is 11.9. The van der Waals surface area contributed by atoms with Crippen LogP contribution >= 0.6 is 0 Å². The molecule has 3 aromatic rings. The van der Waals surface area contributed by atoms with Crippen LogP contribution in [0.5, 0.6) is 11.5 Å². The molecule has 33 heavy (non-hydrogen) atoms. The average Bonchev–Trinajstić information content (AvgIpc) is 2.78. The van der Waals surface area contributed by atoms with Crippen LogP contribution < -0.4 is 25.2 Å². The lowest BCUT2D eigenvalue weighted by Gasteiger charge is -2.18. The van der Waals surface area contributed by atoms with E-state index in [-0.39, 0.29) is 18.6 Å². The van der Waals surface area contributed by atoms with E-state index < -0.39 is 29.0 Å². The van der Waals surface area contributed by atoms with Crippen LogP contribution in [0.3, 0.4) is 0 Å². The number of benzene rings is 2. The Balaban J connectivity index is 1.81. The maximum absolute atomic E-state index is 13.9. The number of H-pyrrole nitrogens is 1. The first kappa shape index (κ1) is 24.1. The third kappa shape index (κ3) is 5.43. The minimum Gasteiger partial charge on any atom is -0.493 e. The molecular weight excluding hydrogens is 441 g/mol. The number of nitrogens with zero attached hydrogens (tertiary/aromatic N) is 1. The van der Waals surface area contributed by atoms with Gasteiger partial charge in [-0.3, -0.25) is 9.59 Å². The average molecular weight is 465 g/mol. The van der Waals surface area contributed by atoms with E-state index in [1.54, 1.807) is 6.07 Å². The van der Waals surface area contributed by atoms with E-state index >= 15 is 0 Å². The molecule has 11 heteroatoms. The molecule has 0 fully saturated rings. The summed E-state index contributed by atoms with van der Waals surface area (Å²) >= 11 is 0. The SMILES string of the molecule is CCC[NH+](CC(=O)Nc1ccc(F)c(F)c1F)Cc1nc2cc(OC)c(OC)cc2c(=O)[nH]1. The van der Waals surface area contributed by atoms with Crippen LogP contribution in [0.1, 0.15) is 19.2 Å². The lowest BCUT2D eigenvalue weighted by atomic mass is 10.2. The zero-order valence-corrected chi connectivity index (χ0v) is 18.4. The van der Waals surface area contributed by atoms with Crippen molar-refractivity contribution in [1.82, 2.24) is 9.97 Å². The summed E-state index contributed by atoms with van der Waals surface area (Å²) in [7, 11) is 2.93. The Kier molecular flexibility index (Phi) is 7.54. The molecule has 2 aromatic carbocycles. The molecule has 1 aromatic heterocycles. The van der Waals surface area contributed by atoms with Gasteiger partial charge in [-0.1, -0.05) is 6.92 Å². The fourth-order valence-corrected chi connectivity index (χ4v) is 3.47. The fraction of sp³-hybridized carbons (Fsp3) is 0.318. The highest BCUT2D eigenvalue weighted by Gasteiger charge is 2.20. The van der Waals surface area contributed by atoms with Crippen molar-refractivity contribution in [2.45, 2.75) is 19.9 Å². The molecule has 3 N–H and O–H groups in total. The highest BCUT2D eigenvalue weighted by atomic mass is 19.2. The molecule has 3 rings (SSSR count). The predicted molar refractivity (Wildman–Crippen MR) is 115 cm³/mol. The Labute approximate surface area is 187 Å². The lowest BCUT2D eigenvalue weighted by molar-refractivity contribution is -0.906. The van der Waals surface area contributed by atoms with Crippen LogP contribution in [0.2, 0.25) is 0 Å². The van der Waals surface area contributed by atoms with E-state index in [1.165, 1.54) is 20.3 Å². The first-order valence-electron chi connectivity index (χ1n) is 10.2. The number of amides is 1. The molecule has 0 radical (unpaired) electrons. The van der Waals surface area contributed by atoms with E-state index in [1.807, 2.05) is 6.92 Å². The molecule has 1 heterocycles. The van der Waals surface area contributed by atoms with Gasteiger partial charge < -0.3 is 24.7 Å². The molecule has 0 aliphatic carbocycles. The van der Waals surface area contributed by atoms with Crippen molar-refractivity contribution in [2.24, 2.45) is 0 Å². The van der Waals surface area contributed by atoms with Gasteiger partial charge in [0.25, 0.3) is 11.5 Å². The molecule has 0 spiro atoms. The van der Waals surface area contributed by atoms with Gasteiger partial charge in [0.05, 0.1) is 37.4 Å². The minimum absolute atomic E-state index is 0.111. The zero-order valence-electron chi connectivity index (χ0n) is 18.4. The summed E-state index contributed by atoms with van der Waals surface area (Å²) < 4.78 is 50.9. The minimum atomic E-state index is -1.66. The van der Waals surface area contributed by atoms with Gasteiger partial charge in [-0.05, 0) is 24.6 Å². The quantitative estimate of drug-likeness (QED) is 0.419. The van der Waals surface area contributed by atoms with Crippen molar-refractivity contribution in [3.8, 4) is 11.5 Å². The number of aromatic nitrogens is 2. The Morgan fingerprint density at radius 2 is 1.82 bits per heavy atom. The number of nitrogens with one attached hydrogen (secondary N) is 3. The molecular formula is C22H24F3N4O4+. The first-order valence-corrected chi connectivity index (χ1v) is 10.2. The van der Waals surface area contributed by atoms with Crippen molar-refractivity contribution in [1.29, 1.82) is 0 Å².